The highest BCUT2D eigenvalue weighted by Gasteiger charge is 2.38. The molecule has 0 saturated carbocycles. The summed E-state index contributed by atoms with van der Waals surface area (Å²) in [5.41, 5.74) is 3.56. The maximum absolute atomic E-state index is 12.5. The lowest BCUT2D eigenvalue weighted by Crippen LogP contribution is -2.32. The van der Waals surface area contributed by atoms with Crippen LogP contribution >= 0.6 is 23.2 Å². The summed E-state index contributed by atoms with van der Waals surface area (Å²) in [6.45, 7) is 1.62. The van der Waals surface area contributed by atoms with Crippen molar-refractivity contribution in [2.24, 2.45) is 0 Å². The number of alkyl halides is 3. The molecule has 0 aliphatic carbocycles. The van der Waals surface area contributed by atoms with Crippen molar-refractivity contribution >= 4 is 35.1 Å². The van der Waals surface area contributed by atoms with Crippen LogP contribution in [0.5, 0.6) is 0 Å². The highest BCUT2D eigenvalue weighted by molar-refractivity contribution is 6.35. The number of nitrogens with zero attached hydrogens (tertiary/aromatic N) is 2. The Morgan fingerprint density at radius 3 is 2.51 bits per heavy atom. The van der Waals surface area contributed by atoms with Gasteiger partial charge in [0, 0.05) is 17.8 Å². The molecule has 0 bridgehead atoms. The van der Waals surface area contributed by atoms with E-state index in [-0.39, 0.29) is 12.0 Å². The summed E-state index contributed by atoms with van der Waals surface area (Å²) in [5.74, 6) is -3.04. The summed E-state index contributed by atoms with van der Waals surface area (Å²) in [7, 11) is 0. The second kappa shape index (κ2) is 11.6. The van der Waals surface area contributed by atoms with Crippen LogP contribution in [0, 0.1) is 0 Å². The van der Waals surface area contributed by atoms with E-state index >= 15 is 0 Å². The van der Waals surface area contributed by atoms with E-state index in [9.17, 15) is 18.0 Å². The quantitative estimate of drug-likeness (QED) is 0.489. The molecule has 1 aromatic heterocycles. The summed E-state index contributed by atoms with van der Waals surface area (Å²) in [6, 6.07) is 15.0. The molecular weight excluding hydrogens is 510 g/mol. The SMILES string of the molecule is O=C(NCC1OCCc2cn(Cc3ccccc3)nc21)c1cc(Cl)ccc1Cl.O=C(O)C(F)(F)F. The van der Waals surface area contributed by atoms with Crippen LogP contribution in [0.2, 0.25) is 10.0 Å². The average Bonchev–Trinajstić information content (AvgIpc) is 3.22. The van der Waals surface area contributed by atoms with Crippen molar-refractivity contribution in [3.8, 4) is 0 Å². The molecule has 4 rings (SSSR count). The van der Waals surface area contributed by atoms with Crippen LogP contribution < -0.4 is 5.32 Å². The van der Waals surface area contributed by atoms with Crippen molar-refractivity contribution in [1.29, 1.82) is 0 Å². The van der Waals surface area contributed by atoms with E-state index in [0.29, 0.717) is 35.3 Å². The van der Waals surface area contributed by atoms with Crippen LogP contribution in [0.1, 0.15) is 33.3 Å². The number of benzene rings is 2. The number of carbonyl (C=O) groups is 2. The second-order valence-electron chi connectivity index (χ2n) is 7.47. The third-order valence-corrected chi connectivity index (χ3v) is 5.48. The average molecular weight is 530 g/mol. The molecule has 3 aromatic rings. The summed E-state index contributed by atoms with van der Waals surface area (Å²) in [5, 5.41) is 15.5. The molecule has 1 aliphatic heterocycles. The van der Waals surface area contributed by atoms with Crippen LogP contribution in [-0.2, 0) is 22.5 Å². The molecule has 0 fully saturated rings. The monoisotopic (exact) mass is 529 g/mol. The van der Waals surface area contributed by atoms with Crippen molar-refractivity contribution in [3.63, 3.8) is 0 Å². The number of rotatable bonds is 5. The molecule has 7 nitrogen and oxygen atoms in total. The van der Waals surface area contributed by atoms with Crippen molar-refractivity contribution in [2.75, 3.05) is 13.2 Å². The molecule has 1 atom stereocenters. The van der Waals surface area contributed by atoms with Crippen LogP contribution in [0.4, 0.5) is 13.2 Å². The van der Waals surface area contributed by atoms with Gasteiger partial charge < -0.3 is 15.2 Å². The third kappa shape index (κ3) is 7.45. The van der Waals surface area contributed by atoms with E-state index in [4.69, 9.17) is 42.9 Å². The number of carboxylic acid groups (broad SMARTS) is 1. The number of amides is 1. The predicted molar refractivity (Wildman–Crippen MR) is 123 cm³/mol. The molecule has 2 heterocycles. The van der Waals surface area contributed by atoms with Crippen LogP contribution in [0.3, 0.4) is 0 Å². The van der Waals surface area contributed by atoms with Crippen molar-refractivity contribution in [1.82, 2.24) is 15.1 Å². The van der Waals surface area contributed by atoms with E-state index in [1.54, 1.807) is 18.2 Å². The fourth-order valence-electron chi connectivity index (χ4n) is 3.29. The lowest BCUT2D eigenvalue weighted by atomic mass is 10.1. The van der Waals surface area contributed by atoms with E-state index in [1.807, 2.05) is 22.9 Å². The van der Waals surface area contributed by atoms with Crippen molar-refractivity contribution in [3.05, 3.63) is 87.2 Å². The van der Waals surface area contributed by atoms with Gasteiger partial charge in [0.1, 0.15) is 6.10 Å². The number of aliphatic carboxylic acids is 1. The van der Waals surface area contributed by atoms with Crippen LogP contribution in [-0.4, -0.2) is 46.1 Å². The molecule has 0 radical (unpaired) electrons. The number of aromatic nitrogens is 2. The highest BCUT2D eigenvalue weighted by atomic mass is 35.5. The van der Waals surface area contributed by atoms with E-state index in [0.717, 1.165) is 17.7 Å². The zero-order valence-electron chi connectivity index (χ0n) is 18.1. The maximum Gasteiger partial charge on any atom is 0.490 e. The number of halogens is 5. The van der Waals surface area contributed by atoms with Gasteiger partial charge in [-0.15, -0.1) is 0 Å². The highest BCUT2D eigenvalue weighted by Crippen LogP contribution is 2.26. The first-order chi connectivity index (χ1) is 16.5. The number of carboxylic acids is 1. The fraction of sp³-hybridized carbons (Fsp3) is 0.261. The van der Waals surface area contributed by atoms with Crippen LogP contribution in [0.15, 0.2) is 54.7 Å². The van der Waals surface area contributed by atoms with Gasteiger partial charge in [-0.1, -0.05) is 53.5 Å². The Labute approximate surface area is 208 Å². The Bertz CT molecular complexity index is 1190. The first kappa shape index (κ1) is 26.5. The minimum absolute atomic E-state index is 0.285. The Kier molecular flexibility index (Phi) is 8.76. The number of fused-ring (bicyclic) bond motifs is 1. The zero-order valence-corrected chi connectivity index (χ0v) is 19.6. The first-order valence-electron chi connectivity index (χ1n) is 10.3. The Morgan fingerprint density at radius 1 is 1.17 bits per heavy atom. The Balaban J connectivity index is 0.000000429. The molecule has 186 valence electrons. The van der Waals surface area contributed by atoms with Gasteiger partial charge in [-0.05, 0) is 35.7 Å². The molecule has 1 unspecified atom stereocenters. The summed E-state index contributed by atoms with van der Waals surface area (Å²) in [6.07, 6.45) is -2.50. The predicted octanol–water partition coefficient (Wildman–Crippen LogP) is 4.92. The molecule has 2 aromatic carbocycles. The van der Waals surface area contributed by atoms with E-state index in [2.05, 4.69) is 23.6 Å². The van der Waals surface area contributed by atoms with Gasteiger partial charge in [-0.2, -0.15) is 18.3 Å². The second-order valence-corrected chi connectivity index (χ2v) is 8.31. The summed E-state index contributed by atoms with van der Waals surface area (Å²) in [4.78, 5) is 21.4. The number of ether oxygens (including phenoxy) is 1. The van der Waals surface area contributed by atoms with Gasteiger partial charge in [0.2, 0.25) is 0 Å². The van der Waals surface area contributed by atoms with Crippen molar-refractivity contribution < 1.29 is 32.6 Å². The minimum atomic E-state index is -5.08. The molecule has 0 saturated heterocycles. The molecular formula is C23H20Cl2F3N3O4. The van der Waals surface area contributed by atoms with E-state index < -0.39 is 12.1 Å². The van der Waals surface area contributed by atoms with E-state index in [1.165, 1.54) is 5.56 Å². The lowest BCUT2D eigenvalue weighted by molar-refractivity contribution is -0.192. The number of carbonyl (C=O) groups excluding carboxylic acids is 1. The standard InChI is InChI=1S/C21H19Cl2N3O2.C2HF3O2/c22-16-6-7-18(23)17(10-16)21(27)24-11-19-20-15(8-9-28-19)13-26(25-20)12-14-4-2-1-3-5-14;3-2(4,5)1(6)7/h1-7,10,13,19H,8-9,11-12H2,(H,24,27);(H,6,7). The van der Waals surface area contributed by atoms with Crippen molar-refractivity contribution in [2.45, 2.75) is 25.2 Å². The molecule has 1 amide bonds. The van der Waals surface area contributed by atoms with Crippen LogP contribution in [0.25, 0.3) is 0 Å². The lowest BCUT2D eigenvalue weighted by Gasteiger charge is -2.22. The number of hydrogen-bond donors (Lipinski definition) is 2. The summed E-state index contributed by atoms with van der Waals surface area (Å²) >= 11 is 12.1. The Morgan fingerprint density at radius 2 is 1.86 bits per heavy atom. The fourth-order valence-corrected chi connectivity index (χ4v) is 3.67. The Hall–Kier alpha value is -3.08. The van der Waals surface area contributed by atoms with Gasteiger partial charge in [0.25, 0.3) is 5.91 Å². The van der Waals surface area contributed by atoms with Gasteiger partial charge >= 0.3 is 12.1 Å². The molecule has 12 heteroatoms. The third-order valence-electron chi connectivity index (χ3n) is 4.92. The van der Waals surface area contributed by atoms with Gasteiger partial charge in [-0.25, -0.2) is 4.79 Å². The first-order valence-corrected chi connectivity index (χ1v) is 11.1. The summed E-state index contributed by atoms with van der Waals surface area (Å²) < 4.78 is 39.5. The molecule has 0 spiro atoms. The smallest absolute Gasteiger partial charge is 0.475 e. The maximum atomic E-state index is 12.5. The number of nitrogens with one attached hydrogen (secondary N) is 1. The number of hydrogen-bond acceptors (Lipinski definition) is 4. The normalized spacial score (nSPS) is 14.9. The minimum Gasteiger partial charge on any atom is -0.475 e. The molecule has 1 aliphatic rings. The van der Waals surface area contributed by atoms with Gasteiger partial charge in [0.05, 0.1) is 29.4 Å². The molecule has 2 N–H and O–H groups in total. The largest absolute Gasteiger partial charge is 0.490 e. The van der Waals surface area contributed by atoms with Gasteiger partial charge in [0.15, 0.2) is 0 Å². The van der Waals surface area contributed by atoms with Gasteiger partial charge in [-0.3, -0.25) is 9.48 Å². The topological polar surface area (TPSA) is 93.5 Å². The zero-order chi connectivity index (χ0) is 25.6. The molecule has 35 heavy (non-hydrogen) atoms.